The highest BCUT2D eigenvalue weighted by atomic mass is 31.2. The molecule has 4 aromatic rings. The van der Waals surface area contributed by atoms with Crippen LogP contribution in [0.25, 0.3) is 0 Å². The van der Waals surface area contributed by atoms with Crippen LogP contribution < -0.4 is 20.7 Å². The zero-order chi connectivity index (χ0) is 46.4. The molecule has 1 fully saturated rings. The molecule has 1 aliphatic rings. The average Bonchev–Trinajstić information content (AvgIpc) is 3.62. The van der Waals surface area contributed by atoms with Crippen LogP contribution in [0.5, 0.6) is 11.5 Å². The fraction of sp³-hybridized carbons (Fsp3) is 0.511. The van der Waals surface area contributed by atoms with Crippen molar-refractivity contribution in [3.05, 3.63) is 128 Å². The number of nitriles is 1. The predicted octanol–water partition coefficient (Wildman–Crippen LogP) is 6.24. The summed E-state index contributed by atoms with van der Waals surface area (Å²) < 4.78 is 49.2. The van der Waals surface area contributed by atoms with Gasteiger partial charge in [-0.2, -0.15) is 10.3 Å². The number of nitrogens with zero attached hydrogens (tertiary/aromatic N) is 5. The molecule has 0 aliphatic carbocycles. The number of aryl methyl sites for hydroxylation is 1. The highest BCUT2D eigenvalue weighted by molar-refractivity contribution is 7.44. The standard InChI is InChI=1S/C47H65N6O10P/c1-33(2)53(34(3)4)64(61-28-14-25-48)63-42-41(62-45(52-31-35(5)44(54)49-46(52)55)43(42)58-29-30-60-51(8)27-26-50(6)7)32-59-47(36-15-12-11-13-16-36,37-17-21-39(56-9)22-18-37)38-19-23-40(57-10)24-20-38/h11-13,15-24,31,33-34,41-43,45H,14,26-30,32H2,1-10H3,(H,49,54,55). The number of ether oxygens (including phenoxy) is 5. The molecule has 0 radical (unpaired) electrons. The number of methoxy groups -OCH3 is 2. The Kier molecular flexibility index (Phi) is 19.1. The molecule has 1 aliphatic heterocycles. The van der Waals surface area contributed by atoms with E-state index >= 15 is 0 Å². The molecule has 1 aromatic heterocycles. The van der Waals surface area contributed by atoms with E-state index in [1.165, 1.54) is 10.8 Å². The number of rotatable bonds is 25. The van der Waals surface area contributed by atoms with Crippen LogP contribution in [0.3, 0.4) is 0 Å². The van der Waals surface area contributed by atoms with E-state index in [4.69, 9.17) is 37.6 Å². The number of aromatic nitrogens is 2. The Morgan fingerprint density at radius 1 is 0.828 bits per heavy atom. The second-order valence-electron chi connectivity index (χ2n) is 16.3. The van der Waals surface area contributed by atoms with Gasteiger partial charge in [-0.05, 0) is 89.7 Å². The summed E-state index contributed by atoms with van der Waals surface area (Å²) in [4.78, 5) is 36.9. The van der Waals surface area contributed by atoms with Crippen LogP contribution in [0.1, 0.15) is 62.6 Å². The van der Waals surface area contributed by atoms with Crippen molar-refractivity contribution in [2.24, 2.45) is 0 Å². The third-order valence-electron chi connectivity index (χ3n) is 10.8. The largest absolute Gasteiger partial charge is 0.497 e. The molecule has 3 aromatic carbocycles. The maximum Gasteiger partial charge on any atom is 0.330 e. The van der Waals surface area contributed by atoms with Crippen LogP contribution in [-0.2, 0) is 33.7 Å². The molecule has 1 N–H and O–H groups in total. The lowest BCUT2D eigenvalue weighted by atomic mass is 9.80. The van der Waals surface area contributed by atoms with Gasteiger partial charge in [-0.25, -0.2) is 9.46 Å². The SMILES string of the molecule is COc1ccc(C(OCC2OC(n3cc(C)c(=O)[nH]c3=O)C(OCCON(C)CCN(C)C)C2OP(OCCC#N)N(C(C)C)C(C)C)(c2ccccc2)c2ccc(OC)cc2)cc1. The van der Waals surface area contributed by atoms with Crippen molar-refractivity contribution in [3.8, 4) is 17.6 Å². The first-order valence-electron chi connectivity index (χ1n) is 21.5. The smallest absolute Gasteiger partial charge is 0.330 e. The fourth-order valence-electron chi connectivity index (χ4n) is 7.61. The maximum atomic E-state index is 13.7. The summed E-state index contributed by atoms with van der Waals surface area (Å²) in [6, 6.07) is 27.5. The van der Waals surface area contributed by atoms with Crippen LogP contribution in [0.4, 0.5) is 0 Å². The van der Waals surface area contributed by atoms with Gasteiger partial charge in [-0.1, -0.05) is 54.6 Å². The quantitative estimate of drug-likeness (QED) is 0.0344. The van der Waals surface area contributed by atoms with Crippen molar-refractivity contribution >= 4 is 8.53 Å². The van der Waals surface area contributed by atoms with E-state index in [2.05, 4.69) is 48.3 Å². The Balaban J connectivity index is 1.66. The molecular weight excluding hydrogens is 840 g/mol. The zero-order valence-corrected chi connectivity index (χ0v) is 39.7. The fourth-order valence-corrected chi connectivity index (χ4v) is 9.38. The Morgan fingerprint density at radius 2 is 1.42 bits per heavy atom. The van der Waals surface area contributed by atoms with Crippen molar-refractivity contribution in [2.45, 2.75) is 83.3 Å². The van der Waals surface area contributed by atoms with Gasteiger partial charge in [-0.3, -0.25) is 19.2 Å². The summed E-state index contributed by atoms with van der Waals surface area (Å²) in [6.07, 6.45) is -2.25. The van der Waals surface area contributed by atoms with Crippen molar-refractivity contribution in [1.82, 2.24) is 24.2 Å². The first-order chi connectivity index (χ1) is 30.7. The van der Waals surface area contributed by atoms with Crippen LogP contribution in [0.2, 0.25) is 0 Å². The van der Waals surface area contributed by atoms with E-state index < -0.39 is 49.9 Å². The summed E-state index contributed by atoms with van der Waals surface area (Å²) >= 11 is 0. The molecule has 0 bridgehead atoms. The monoisotopic (exact) mass is 904 g/mol. The number of nitrogens with one attached hydrogen (secondary N) is 1. The molecule has 5 rings (SSSR count). The number of hydrogen-bond donors (Lipinski definition) is 1. The van der Waals surface area contributed by atoms with Crippen LogP contribution in [0, 0.1) is 18.3 Å². The number of hydrogen-bond acceptors (Lipinski definition) is 14. The number of likely N-dealkylation sites (N-methyl/N-ethyl adjacent to an activating group) is 2. The minimum Gasteiger partial charge on any atom is -0.497 e. The molecule has 16 nitrogen and oxygen atoms in total. The van der Waals surface area contributed by atoms with Gasteiger partial charge in [-0.15, -0.1) is 0 Å². The Hall–Kier alpha value is -4.50. The minimum absolute atomic E-state index is 0.0215. The summed E-state index contributed by atoms with van der Waals surface area (Å²) in [5, 5.41) is 11.3. The molecule has 5 unspecified atom stereocenters. The lowest BCUT2D eigenvalue weighted by molar-refractivity contribution is -0.165. The van der Waals surface area contributed by atoms with E-state index in [9.17, 15) is 14.9 Å². The molecule has 1 saturated heterocycles. The molecule has 5 atom stereocenters. The Morgan fingerprint density at radius 3 is 1.97 bits per heavy atom. The highest BCUT2D eigenvalue weighted by Gasteiger charge is 2.51. The first kappa shape index (κ1) is 50.5. The number of hydroxylamine groups is 2. The molecule has 348 valence electrons. The molecule has 0 amide bonds. The average molecular weight is 905 g/mol. The molecule has 0 saturated carbocycles. The second-order valence-corrected chi connectivity index (χ2v) is 17.7. The Labute approximate surface area is 378 Å². The highest BCUT2D eigenvalue weighted by Crippen LogP contribution is 2.51. The van der Waals surface area contributed by atoms with Gasteiger partial charge in [0.1, 0.15) is 35.4 Å². The van der Waals surface area contributed by atoms with Crippen molar-refractivity contribution in [2.75, 3.05) is 74.9 Å². The van der Waals surface area contributed by atoms with Crippen molar-refractivity contribution in [3.63, 3.8) is 0 Å². The van der Waals surface area contributed by atoms with Gasteiger partial charge >= 0.3 is 5.69 Å². The third kappa shape index (κ3) is 12.6. The van der Waals surface area contributed by atoms with E-state index in [1.54, 1.807) is 26.2 Å². The number of benzene rings is 3. The van der Waals surface area contributed by atoms with E-state index in [1.807, 2.05) is 100 Å². The second kappa shape index (κ2) is 24.1. The van der Waals surface area contributed by atoms with Crippen molar-refractivity contribution < 1.29 is 37.6 Å². The molecular formula is C47H65N6O10P. The molecule has 0 spiro atoms. The Bertz CT molecular complexity index is 2130. The molecule has 64 heavy (non-hydrogen) atoms. The third-order valence-corrected chi connectivity index (χ3v) is 12.9. The predicted molar refractivity (Wildman–Crippen MR) is 245 cm³/mol. The molecule has 2 heterocycles. The number of H-pyrrole nitrogens is 1. The van der Waals surface area contributed by atoms with E-state index in [0.717, 1.165) is 23.2 Å². The summed E-state index contributed by atoms with van der Waals surface area (Å²) in [6.45, 7) is 11.6. The van der Waals surface area contributed by atoms with E-state index in [-0.39, 0.29) is 44.9 Å². The van der Waals surface area contributed by atoms with Gasteiger partial charge in [0.05, 0.1) is 53.1 Å². The first-order valence-corrected chi connectivity index (χ1v) is 22.7. The van der Waals surface area contributed by atoms with Gasteiger partial charge in [0.25, 0.3) is 14.1 Å². The summed E-state index contributed by atoms with van der Waals surface area (Å²) in [7, 11) is 7.23. The lowest BCUT2D eigenvalue weighted by Gasteiger charge is -2.39. The zero-order valence-electron chi connectivity index (χ0n) is 38.8. The van der Waals surface area contributed by atoms with Crippen LogP contribution >= 0.6 is 8.53 Å². The summed E-state index contributed by atoms with van der Waals surface area (Å²) in [5.41, 5.74) is 0.336. The lowest BCUT2D eigenvalue weighted by Crippen LogP contribution is -2.44. The van der Waals surface area contributed by atoms with Crippen LogP contribution in [0.15, 0.2) is 94.6 Å². The van der Waals surface area contributed by atoms with Crippen LogP contribution in [-0.4, -0.2) is 129 Å². The van der Waals surface area contributed by atoms with Gasteiger partial charge < -0.3 is 37.6 Å². The molecule has 17 heteroatoms. The van der Waals surface area contributed by atoms with Gasteiger partial charge in [0, 0.05) is 44.0 Å². The topological polar surface area (TPSA) is 162 Å². The maximum absolute atomic E-state index is 13.7. The number of aromatic amines is 1. The van der Waals surface area contributed by atoms with Gasteiger partial charge in [0.15, 0.2) is 6.23 Å². The van der Waals surface area contributed by atoms with Crippen molar-refractivity contribution in [1.29, 1.82) is 5.26 Å². The van der Waals surface area contributed by atoms with E-state index in [0.29, 0.717) is 23.6 Å². The summed E-state index contributed by atoms with van der Waals surface area (Å²) in [5.74, 6) is 1.35. The van der Waals surface area contributed by atoms with Gasteiger partial charge in [0.2, 0.25) is 0 Å². The minimum atomic E-state index is -1.86. The normalized spacial score (nSPS) is 18.3.